The first kappa shape index (κ1) is 49.2. The minimum absolute atomic E-state index is 0.482. The first-order chi connectivity index (χ1) is 38.5. The Hall–Kier alpha value is -9.70. The number of hydrogen-bond donors (Lipinski definition) is 0. The van der Waals surface area contributed by atoms with E-state index in [1.807, 2.05) is 0 Å². The fourth-order valence-corrected chi connectivity index (χ4v) is 11.4. The molecule has 0 saturated carbocycles. The minimum Gasteiger partial charge on any atom is -0.314 e. The highest BCUT2D eigenvalue weighted by Gasteiger charge is 2.38. The number of nitrogens with zero attached hydrogens (tertiary/aromatic N) is 3. The molecule has 12 rings (SSSR count). The Morgan fingerprint density at radius 1 is 0.308 bits per heavy atom. The molecule has 0 radical (unpaired) electrons. The fraction of sp³-hybridized carbons (Fsp3) is 0.0667. The summed E-state index contributed by atoms with van der Waals surface area (Å²) in [5.41, 5.74) is 20.3. The molecular formula is C75H61N3. The molecule has 0 N–H and O–H groups in total. The number of rotatable bonds is 15. The number of anilines is 8. The van der Waals surface area contributed by atoms with E-state index in [1.165, 1.54) is 39.1 Å². The van der Waals surface area contributed by atoms with E-state index in [9.17, 15) is 0 Å². The largest absolute Gasteiger partial charge is 0.314 e. The second-order valence-electron chi connectivity index (χ2n) is 20.3. The Bertz CT molecular complexity index is 3680. The van der Waals surface area contributed by atoms with Gasteiger partial charge in [0.05, 0.1) is 5.41 Å². The van der Waals surface area contributed by atoms with Gasteiger partial charge in [-0.3, -0.25) is 0 Å². The van der Waals surface area contributed by atoms with Crippen molar-refractivity contribution in [3.63, 3.8) is 0 Å². The van der Waals surface area contributed by atoms with Gasteiger partial charge in [0.15, 0.2) is 0 Å². The van der Waals surface area contributed by atoms with Crippen molar-refractivity contribution < 1.29 is 0 Å². The maximum atomic E-state index is 2.39. The van der Waals surface area contributed by atoms with Crippen molar-refractivity contribution in [2.75, 3.05) is 14.7 Å². The van der Waals surface area contributed by atoms with Gasteiger partial charge in [-0.1, -0.05) is 219 Å². The molecule has 3 heteroatoms. The van der Waals surface area contributed by atoms with E-state index in [0.717, 1.165) is 68.6 Å². The molecule has 11 aromatic rings. The van der Waals surface area contributed by atoms with Crippen molar-refractivity contribution in [2.45, 2.75) is 25.7 Å². The molecule has 0 spiro atoms. The highest BCUT2D eigenvalue weighted by molar-refractivity contribution is 5.83. The zero-order valence-corrected chi connectivity index (χ0v) is 44.1. The van der Waals surface area contributed by atoms with Crippen LogP contribution < -0.4 is 14.7 Å². The molecule has 1 aliphatic rings. The standard InChI is InChI=1S/C75H61N3/c1-56-20-18-32-73(54-56)77(66-28-14-6-15-29-66)70-48-38-60(39-49-70)58-34-44-68(45-35-58)76(72-52-42-65(43-53-72)75(62-22-8-3-9-23-62,63-24-10-4-11-25-63)64-26-12-5-13-27-64)69-46-36-59(37-47-69)61-40-50-71(51-41-61)78(67-30-16-7-17-31-67)74-33-19-21-57(2)55-74/h3-54,57H,55H2,1-2H3. The minimum atomic E-state index is -0.555. The van der Waals surface area contributed by atoms with Crippen LogP contribution in [0.4, 0.5) is 45.5 Å². The van der Waals surface area contributed by atoms with Crippen molar-refractivity contribution in [3.8, 4) is 22.3 Å². The van der Waals surface area contributed by atoms with E-state index in [0.29, 0.717) is 5.92 Å². The summed E-state index contributed by atoms with van der Waals surface area (Å²) in [6, 6.07) is 108. The lowest BCUT2D eigenvalue weighted by Crippen LogP contribution is -2.31. The third-order valence-electron chi connectivity index (χ3n) is 15.2. The summed E-state index contributed by atoms with van der Waals surface area (Å²) in [5.74, 6) is 0.482. The Morgan fingerprint density at radius 3 is 1.00 bits per heavy atom. The van der Waals surface area contributed by atoms with Crippen LogP contribution in [0.15, 0.2) is 321 Å². The predicted molar refractivity (Wildman–Crippen MR) is 329 cm³/mol. The molecule has 11 aromatic carbocycles. The van der Waals surface area contributed by atoms with Gasteiger partial charge in [-0.05, 0) is 172 Å². The molecule has 0 aromatic heterocycles. The SMILES string of the molecule is Cc1cccc(N(c2ccccc2)c2ccc(-c3ccc(N(c4ccc(-c5ccc(N(C6=CC=CC(C)C6)c6ccccc6)cc5)cc4)c4ccc(C(c5ccccc5)(c5ccccc5)c5ccccc5)cc4)cc3)cc2)c1. The summed E-state index contributed by atoms with van der Waals surface area (Å²) in [6.07, 6.45) is 7.72. The average molecular weight is 1000 g/mol. The van der Waals surface area contributed by atoms with Crippen molar-refractivity contribution in [2.24, 2.45) is 5.92 Å². The summed E-state index contributed by atoms with van der Waals surface area (Å²) in [7, 11) is 0. The normalized spacial score (nSPS) is 13.1. The summed E-state index contributed by atoms with van der Waals surface area (Å²) >= 11 is 0. The molecule has 0 fully saturated rings. The van der Waals surface area contributed by atoms with Crippen molar-refractivity contribution >= 4 is 45.5 Å². The van der Waals surface area contributed by atoms with Crippen LogP contribution in [0.2, 0.25) is 0 Å². The zero-order chi connectivity index (χ0) is 52.7. The van der Waals surface area contributed by atoms with Crippen LogP contribution >= 0.6 is 0 Å². The highest BCUT2D eigenvalue weighted by Crippen LogP contribution is 2.47. The van der Waals surface area contributed by atoms with Crippen LogP contribution in [0.3, 0.4) is 0 Å². The summed E-state index contributed by atoms with van der Waals surface area (Å²) in [5, 5.41) is 0. The third kappa shape index (κ3) is 9.98. The van der Waals surface area contributed by atoms with E-state index in [2.05, 4.69) is 344 Å². The van der Waals surface area contributed by atoms with E-state index >= 15 is 0 Å². The molecule has 78 heavy (non-hydrogen) atoms. The Morgan fingerprint density at radius 2 is 0.615 bits per heavy atom. The highest BCUT2D eigenvalue weighted by atomic mass is 15.2. The van der Waals surface area contributed by atoms with Crippen LogP contribution in [0.1, 0.15) is 41.2 Å². The van der Waals surface area contributed by atoms with E-state index in [1.54, 1.807) is 0 Å². The lowest BCUT2D eigenvalue weighted by atomic mass is 9.65. The molecule has 1 atom stereocenters. The van der Waals surface area contributed by atoms with Gasteiger partial charge in [-0.25, -0.2) is 0 Å². The van der Waals surface area contributed by atoms with Crippen LogP contribution in [0.5, 0.6) is 0 Å². The molecule has 376 valence electrons. The molecular weight excluding hydrogens is 943 g/mol. The van der Waals surface area contributed by atoms with Gasteiger partial charge in [-0.15, -0.1) is 0 Å². The lowest BCUT2D eigenvalue weighted by molar-refractivity contribution is 0.696. The number of para-hydroxylation sites is 2. The van der Waals surface area contributed by atoms with Crippen LogP contribution in [-0.2, 0) is 5.41 Å². The molecule has 0 saturated heterocycles. The first-order valence-corrected chi connectivity index (χ1v) is 27.1. The number of aryl methyl sites for hydroxylation is 1. The number of hydrogen-bond acceptors (Lipinski definition) is 3. The predicted octanol–water partition coefficient (Wildman–Crippen LogP) is 20.3. The quantitative estimate of drug-likeness (QED) is 0.0948. The summed E-state index contributed by atoms with van der Waals surface area (Å²) < 4.78 is 0. The van der Waals surface area contributed by atoms with Gasteiger partial charge in [0.2, 0.25) is 0 Å². The van der Waals surface area contributed by atoms with E-state index in [-0.39, 0.29) is 0 Å². The lowest BCUT2D eigenvalue weighted by Gasteiger charge is -2.37. The average Bonchev–Trinajstić information content (AvgIpc) is 3.63. The van der Waals surface area contributed by atoms with Crippen LogP contribution in [0, 0.1) is 12.8 Å². The summed E-state index contributed by atoms with van der Waals surface area (Å²) in [6.45, 7) is 4.43. The van der Waals surface area contributed by atoms with Crippen molar-refractivity contribution in [1.82, 2.24) is 0 Å². The molecule has 0 bridgehead atoms. The zero-order valence-electron chi connectivity index (χ0n) is 44.1. The Balaban J connectivity index is 0.908. The third-order valence-corrected chi connectivity index (χ3v) is 15.2. The molecule has 1 aliphatic carbocycles. The first-order valence-electron chi connectivity index (χ1n) is 27.1. The van der Waals surface area contributed by atoms with Crippen molar-refractivity contribution in [3.05, 3.63) is 349 Å². The Labute approximate surface area is 460 Å². The topological polar surface area (TPSA) is 9.72 Å². The van der Waals surface area contributed by atoms with Crippen LogP contribution in [-0.4, -0.2) is 0 Å². The maximum absolute atomic E-state index is 2.39. The van der Waals surface area contributed by atoms with Gasteiger partial charge >= 0.3 is 0 Å². The van der Waals surface area contributed by atoms with Crippen LogP contribution in [0.25, 0.3) is 22.3 Å². The van der Waals surface area contributed by atoms with Gasteiger partial charge in [0, 0.05) is 51.2 Å². The van der Waals surface area contributed by atoms with E-state index in [4.69, 9.17) is 0 Å². The van der Waals surface area contributed by atoms with Gasteiger partial charge in [0.25, 0.3) is 0 Å². The molecule has 0 aliphatic heterocycles. The second kappa shape index (κ2) is 22.3. The molecule has 1 unspecified atom stereocenters. The Kier molecular flexibility index (Phi) is 14.0. The maximum Gasteiger partial charge on any atom is 0.0701 e. The molecule has 0 amide bonds. The second-order valence-corrected chi connectivity index (χ2v) is 20.3. The molecule has 0 heterocycles. The number of allylic oxidation sites excluding steroid dienone is 4. The monoisotopic (exact) mass is 1000 g/mol. The van der Waals surface area contributed by atoms with Gasteiger partial charge in [0.1, 0.15) is 0 Å². The molecule has 3 nitrogen and oxygen atoms in total. The number of benzene rings is 11. The smallest absolute Gasteiger partial charge is 0.0701 e. The van der Waals surface area contributed by atoms with Crippen molar-refractivity contribution in [1.29, 1.82) is 0 Å². The van der Waals surface area contributed by atoms with Gasteiger partial charge < -0.3 is 14.7 Å². The van der Waals surface area contributed by atoms with Gasteiger partial charge in [-0.2, -0.15) is 0 Å². The summed E-state index contributed by atoms with van der Waals surface area (Å²) in [4.78, 5) is 7.09. The van der Waals surface area contributed by atoms with E-state index < -0.39 is 5.41 Å². The fourth-order valence-electron chi connectivity index (χ4n) is 11.4.